The third-order valence-electron chi connectivity index (χ3n) is 2.31. The number of halogens is 1. The molecule has 0 radical (unpaired) electrons. The van der Waals surface area contributed by atoms with Gasteiger partial charge < -0.3 is 5.11 Å². The molecule has 18 heavy (non-hydrogen) atoms. The molecule has 0 fully saturated rings. The standard InChI is InChI=1S/C11H14BrNO4S/c1-8-4-5-9(7-10(8)12)18(16,17)13-6-2-3-11(14)15/h4-5,7,13H,2-3,6H2,1H3,(H,14,15). The minimum absolute atomic E-state index is 0.0554. The summed E-state index contributed by atoms with van der Waals surface area (Å²) in [6, 6.07) is 4.74. The fourth-order valence-corrected chi connectivity index (χ4v) is 2.90. The molecule has 5 nitrogen and oxygen atoms in total. The maximum atomic E-state index is 11.9. The van der Waals surface area contributed by atoms with Gasteiger partial charge in [-0.05, 0) is 31.0 Å². The van der Waals surface area contributed by atoms with Crippen LogP contribution in [0.2, 0.25) is 0 Å². The van der Waals surface area contributed by atoms with Crippen molar-refractivity contribution in [1.29, 1.82) is 0 Å². The molecular weight excluding hydrogens is 322 g/mol. The summed E-state index contributed by atoms with van der Waals surface area (Å²) in [4.78, 5) is 10.5. The first-order valence-electron chi connectivity index (χ1n) is 5.30. The Bertz CT molecular complexity index is 542. The first-order valence-corrected chi connectivity index (χ1v) is 7.58. The van der Waals surface area contributed by atoms with Crippen molar-refractivity contribution in [3.8, 4) is 0 Å². The van der Waals surface area contributed by atoms with Crippen LogP contribution >= 0.6 is 15.9 Å². The number of aryl methyl sites for hydroxylation is 1. The van der Waals surface area contributed by atoms with E-state index < -0.39 is 16.0 Å². The molecular formula is C11H14BrNO4S. The average Bonchev–Trinajstić information content (AvgIpc) is 2.28. The molecule has 0 amide bonds. The molecule has 1 aromatic rings. The topological polar surface area (TPSA) is 83.5 Å². The molecule has 0 bridgehead atoms. The van der Waals surface area contributed by atoms with E-state index in [1.807, 2.05) is 6.92 Å². The van der Waals surface area contributed by atoms with Crippen molar-refractivity contribution in [3.05, 3.63) is 28.2 Å². The second kappa shape index (κ2) is 6.31. The third kappa shape index (κ3) is 4.40. The zero-order valence-electron chi connectivity index (χ0n) is 9.81. The van der Waals surface area contributed by atoms with Gasteiger partial charge in [0.1, 0.15) is 0 Å². The molecule has 0 aliphatic heterocycles. The van der Waals surface area contributed by atoms with Crippen LogP contribution in [0.1, 0.15) is 18.4 Å². The normalized spacial score (nSPS) is 11.4. The molecule has 0 saturated carbocycles. The van der Waals surface area contributed by atoms with Crippen LogP contribution in [-0.2, 0) is 14.8 Å². The largest absolute Gasteiger partial charge is 0.481 e. The van der Waals surface area contributed by atoms with Crippen molar-refractivity contribution >= 4 is 31.9 Å². The monoisotopic (exact) mass is 335 g/mol. The summed E-state index contributed by atoms with van der Waals surface area (Å²) in [5.74, 6) is -0.938. The quantitative estimate of drug-likeness (QED) is 0.777. The molecule has 0 aromatic heterocycles. The van der Waals surface area contributed by atoms with Crippen LogP contribution in [0.15, 0.2) is 27.6 Å². The Morgan fingerprint density at radius 2 is 2.11 bits per heavy atom. The summed E-state index contributed by atoms with van der Waals surface area (Å²) in [5, 5.41) is 8.44. The van der Waals surface area contributed by atoms with Crippen LogP contribution in [0.25, 0.3) is 0 Å². The Hall–Kier alpha value is -0.920. The molecule has 1 rings (SSSR count). The summed E-state index contributed by atoms with van der Waals surface area (Å²) in [5.41, 5.74) is 0.944. The lowest BCUT2D eigenvalue weighted by atomic mass is 10.2. The van der Waals surface area contributed by atoms with Crippen molar-refractivity contribution in [1.82, 2.24) is 4.72 Å². The zero-order chi connectivity index (χ0) is 13.8. The van der Waals surface area contributed by atoms with E-state index >= 15 is 0 Å². The van der Waals surface area contributed by atoms with Crippen LogP contribution in [0.3, 0.4) is 0 Å². The summed E-state index contributed by atoms with van der Waals surface area (Å²) in [6.07, 6.45) is 0.210. The van der Waals surface area contributed by atoms with Crippen LogP contribution in [0, 0.1) is 6.92 Å². The summed E-state index contributed by atoms with van der Waals surface area (Å²) >= 11 is 3.27. The van der Waals surface area contributed by atoms with Crippen molar-refractivity contribution in [2.75, 3.05) is 6.54 Å². The Morgan fingerprint density at radius 3 is 2.67 bits per heavy atom. The molecule has 0 spiro atoms. The highest BCUT2D eigenvalue weighted by atomic mass is 79.9. The molecule has 2 N–H and O–H groups in total. The lowest BCUT2D eigenvalue weighted by Gasteiger charge is -2.07. The minimum Gasteiger partial charge on any atom is -0.481 e. The van der Waals surface area contributed by atoms with E-state index in [0.717, 1.165) is 10.0 Å². The molecule has 100 valence electrons. The summed E-state index contributed by atoms with van der Waals surface area (Å²) < 4.78 is 26.8. The number of sulfonamides is 1. The van der Waals surface area contributed by atoms with Gasteiger partial charge in [-0.1, -0.05) is 22.0 Å². The molecule has 0 aliphatic rings. The molecule has 0 heterocycles. The number of carboxylic acids is 1. The smallest absolute Gasteiger partial charge is 0.303 e. The van der Waals surface area contributed by atoms with Gasteiger partial charge in [0.25, 0.3) is 0 Å². The van der Waals surface area contributed by atoms with Gasteiger partial charge in [-0.25, -0.2) is 13.1 Å². The van der Waals surface area contributed by atoms with Crippen LogP contribution in [-0.4, -0.2) is 26.0 Å². The maximum absolute atomic E-state index is 11.9. The number of rotatable bonds is 6. The van der Waals surface area contributed by atoms with Crippen molar-refractivity contribution in [2.24, 2.45) is 0 Å². The minimum atomic E-state index is -3.57. The first kappa shape index (κ1) is 15.1. The Kier molecular flexibility index (Phi) is 5.30. The number of benzene rings is 1. The van der Waals surface area contributed by atoms with Crippen LogP contribution in [0.5, 0.6) is 0 Å². The van der Waals surface area contributed by atoms with E-state index in [4.69, 9.17) is 5.11 Å². The Balaban J connectivity index is 2.68. The second-order valence-corrected chi connectivity index (χ2v) is 6.43. The second-order valence-electron chi connectivity index (χ2n) is 3.81. The molecule has 0 aliphatic carbocycles. The lowest BCUT2D eigenvalue weighted by Crippen LogP contribution is -2.25. The van der Waals surface area contributed by atoms with Crippen molar-refractivity contribution in [2.45, 2.75) is 24.7 Å². The van der Waals surface area contributed by atoms with E-state index in [1.54, 1.807) is 6.07 Å². The number of hydrogen-bond acceptors (Lipinski definition) is 3. The van der Waals surface area contributed by atoms with Gasteiger partial charge in [0, 0.05) is 17.4 Å². The predicted octanol–water partition coefficient (Wildman–Crippen LogP) is 1.90. The molecule has 1 aromatic carbocycles. The molecule has 0 atom stereocenters. The number of carboxylic acid groups (broad SMARTS) is 1. The third-order valence-corrected chi connectivity index (χ3v) is 4.63. The highest BCUT2D eigenvalue weighted by molar-refractivity contribution is 9.10. The molecule has 7 heteroatoms. The summed E-state index contributed by atoms with van der Waals surface area (Å²) in [6.45, 7) is 1.97. The van der Waals surface area contributed by atoms with E-state index in [2.05, 4.69) is 20.7 Å². The van der Waals surface area contributed by atoms with E-state index in [0.29, 0.717) is 0 Å². The first-order chi connectivity index (χ1) is 8.33. The number of carbonyl (C=O) groups is 1. The van der Waals surface area contributed by atoms with Crippen LogP contribution in [0.4, 0.5) is 0 Å². The van der Waals surface area contributed by atoms with E-state index in [-0.39, 0.29) is 24.3 Å². The van der Waals surface area contributed by atoms with Gasteiger partial charge in [0.05, 0.1) is 4.90 Å². The average molecular weight is 336 g/mol. The number of hydrogen-bond donors (Lipinski definition) is 2. The Morgan fingerprint density at radius 1 is 1.44 bits per heavy atom. The molecule has 0 saturated heterocycles. The summed E-state index contributed by atoms with van der Waals surface area (Å²) in [7, 11) is -3.57. The highest BCUT2D eigenvalue weighted by Gasteiger charge is 2.14. The van der Waals surface area contributed by atoms with Gasteiger partial charge in [-0.15, -0.1) is 0 Å². The zero-order valence-corrected chi connectivity index (χ0v) is 12.2. The lowest BCUT2D eigenvalue weighted by molar-refractivity contribution is -0.137. The fraction of sp³-hybridized carbons (Fsp3) is 0.364. The fourth-order valence-electron chi connectivity index (χ4n) is 1.27. The number of aliphatic carboxylic acids is 1. The Labute approximate surface area is 114 Å². The number of nitrogens with one attached hydrogen (secondary N) is 1. The SMILES string of the molecule is Cc1ccc(S(=O)(=O)NCCCC(=O)O)cc1Br. The van der Waals surface area contributed by atoms with Crippen molar-refractivity contribution in [3.63, 3.8) is 0 Å². The van der Waals surface area contributed by atoms with Gasteiger partial charge in [0.15, 0.2) is 0 Å². The van der Waals surface area contributed by atoms with E-state index in [1.165, 1.54) is 12.1 Å². The van der Waals surface area contributed by atoms with E-state index in [9.17, 15) is 13.2 Å². The van der Waals surface area contributed by atoms with Gasteiger partial charge in [-0.2, -0.15) is 0 Å². The van der Waals surface area contributed by atoms with Crippen LogP contribution < -0.4 is 4.72 Å². The predicted molar refractivity (Wildman–Crippen MR) is 70.9 cm³/mol. The maximum Gasteiger partial charge on any atom is 0.303 e. The van der Waals surface area contributed by atoms with Crippen molar-refractivity contribution < 1.29 is 18.3 Å². The molecule has 0 unspecified atom stereocenters. The van der Waals surface area contributed by atoms with Gasteiger partial charge in [0.2, 0.25) is 10.0 Å². The van der Waals surface area contributed by atoms with Gasteiger partial charge in [-0.3, -0.25) is 4.79 Å². The van der Waals surface area contributed by atoms with Gasteiger partial charge >= 0.3 is 5.97 Å². The highest BCUT2D eigenvalue weighted by Crippen LogP contribution is 2.20.